The Hall–Kier alpha value is -1.02. The zero-order valence-electron chi connectivity index (χ0n) is 9.90. The topological polar surface area (TPSA) is 23.5 Å². The summed E-state index contributed by atoms with van der Waals surface area (Å²) in [6.07, 6.45) is 1.59. The molecule has 1 N–H and O–H groups in total. The maximum absolute atomic E-state index is 9.65. The van der Waals surface area contributed by atoms with E-state index < -0.39 is 0 Å². The second-order valence-corrected chi connectivity index (χ2v) is 3.94. The van der Waals surface area contributed by atoms with Gasteiger partial charge in [0.25, 0.3) is 0 Å². The van der Waals surface area contributed by atoms with Crippen molar-refractivity contribution in [3.05, 3.63) is 29.8 Å². The number of benzene rings is 1. The lowest BCUT2D eigenvalue weighted by Gasteiger charge is -2.19. The molecule has 2 heteroatoms. The molecule has 0 aromatic heterocycles. The fraction of sp³-hybridized carbons (Fsp3) is 0.538. The molecule has 1 aromatic carbocycles. The van der Waals surface area contributed by atoms with E-state index in [0.29, 0.717) is 0 Å². The van der Waals surface area contributed by atoms with E-state index in [0.717, 1.165) is 24.9 Å². The van der Waals surface area contributed by atoms with Crippen LogP contribution in [0.4, 0.5) is 5.69 Å². The lowest BCUT2D eigenvalue weighted by Crippen LogP contribution is -2.17. The fourth-order valence-corrected chi connectivity index (χ4v) is 1.65. The van der Waals surface area contributed by atoms with Gasteiger partial charge in [0.2, 0.25) is 0 Å². The van der Waals surface area contributed by atoms with Crippen molar-refractivity contribution in [2.75, 3.05) is 18.5 Å². The molecule has 0 radical (unpaired) electrons. The quantitative estimate of drug-likeness (QED) is 0.802. The molecule has 84 valence electrons. The molecular weight excluding hydrogens is 186 g/mol. The van der Waals surface area contributed by atoms with Crippen LogP contribution in [0.15, 0.2) is 24.3 Å². The Kier molecular flexibility index (Phi) is 4.63. The number of hydrogen-bond donors (Lipinski definition) is 1. The van der Waals surface area contributed by atoms with Crippen LogP contribution in [0.1, 0.15) is 38.4 Å². The Labute approximate surface area is 92.5 Å². The largest absolute Gasteiger partial charge is 0.388 e. The van der Waals surface area contributed by atoms with Crippen LogP contribution in [0.2, 0.25) is 0 Å². The summed E-state index contributed by atoms with van der Waals surface area (Å²) in [5, 5.41) is 9.65. The Balaban J connectivity index is 2.71. The Morgan fingerprint density at radius 2 is 1.80 bits per heavy atom. The second-order valence-electron chi connectivity index (χ2n) is 3.94. The van der Waals surface area contributed by atoms with Crippen LogP contribution in [-0.4, -0.2) is 18.7 Å². The molecule has 0 aliphatic heterocycles. The van der Waals surface area contributed by atoms with Gasteiger partial charge in [-0.2, -0.15) is 0 Å². The standard InChI is InChI=1S/C13H21NO/c1-4-10-14(3)12-8-6-11(7-9-12)13(15)5-2/h6-9,13,15H,4-5,10H2,1-3H3. The maximum atomic E-state index is 9.65. The first-order valence-electron chi connectivity index (χ1n) is 5.68. The first kappa shape index (κ1) is 12.1. The van der Waals surface area contributed by atoms with Crippen LogP contribution < -0.4 is 4.90 Å². The molecule has 0 aliphatic rings. The van der Waals surface area contributed by atoms with E-state index in [9.17, 15) is 5.11 Å². The van der Waals surface area contributed by atoms with Gasteiger partial charge in [0.05, 0.1) is 6.10 Å². The predicted molar refractivity (Wildman–Crippen MR) is 65.3 cm³/mol. The molecule has 0 amide bonds. The molecule has 1 atom stereocenters. The predicted octanol–water partition coefficient (Wildman–Crippen LogP) is 2.98. The van der Waals surface area contributed by atoms with Crippen LogP contribution in [0.5, 0.6) is 0 Å². The van der Waals surface area contributed by atoms with Crippen molar-refractivity contribution in [2.45, 2.75) is 32.8 Å². The lowest BCUT2D eigenvalue weighted by molar-refractivity contribution is 0.173. The molecule has 15 heavy (non-hydrogen) atoms. The average Bonchev–Trinajstić information content (AvgIpc) is 2.28. The summed E-state index contributed by atoms with van der Waals surface area (Å²) in [6.45, 7) is 5.23. The van der Waals surface area contributed by atoms with Crippen LogP contribution in [-0.2, 0) is 0 Å². The third-order valence-corrected chi connectivity index (χ3v) is 2.66. The first-order chi connectivity index (χ1) is 7.19. The Morgan fingerprint density at radius 3 is 2.27 bits per heavy atom. The molecule has 0 spiro atoms. The number of aliphatic hydroxyl groups is 1. The highest BCUT2D eigenvalue weighted by molar-refractivity contribution is 5.47. The van der Waals surface area contributed by atoms with E-state index in [1.807, 2.05) is 19.1 Å². The van der Waals surface area contributed by atoms with Gasteiger partial charge in [-0.1, -0.05) is 26.0 Å². The number of rotatable bonds is 5. The van der Waals surface area contributed by atoms with E-state index in [-0.39, 0.29) is 6.10 Å². The van der Waals surface area contributed by atoms with Crippen molar-refractivity contribution < 1.29 is 5.11 Å². The van der Waals surface area contributed by atoms with Crippen molar-refractivity contribution in [3.8, 4) is 0 Å². The maximum Gasteiger partial charge on any atom is 0.0787 e. The fourth-order valence-electron chi connectivity index (χ4n) is 1.65. The third-order valence-electron chi connectivity index (χ3n) is 2.66. The highest BCUT2D eigenvalue weighted by Gasteiger charge is 2.05. The van der Waals surface area contributed by atoms with Crippen LogP contribution in [0.25, 0.3) is 0 Å². The van der Waals surface area contributed by atoms with E-state index in [1.54, 1.807) is 0 Å². The molecule has 0 saturated heterocycles. The molecule has 2 nitrogen and oxygen atoms in total. The SMILES string of the molecule is CCCN(C)c1ccc(C(O)CC)cc1. The summed E-state index contributed by atoms with van der Waals surface area (Å²) < 4.78 is 0. The third kappa shape index (κ3) is 3.24. The number of hydrogen-bond acceptors (Lipinski definition) is 2. The average molecular weight is 207 g/mol. The summed E-state index contributed by atoms with van der Waals surface area (Å²) in [5.74, 6) is 0. The normalized spacial score (nSPS) is 12.5. The molecule has 0 aliphatic carbocycles. The highest BCUT2D eigenvalue weighted by atomic mass is 16.3. The Bertz CT molecular complexity index is 281. The monoisotopic (exact) mass is 207 g/mol. The van der Waals surface area contributed by atoms with Crippen molar-refractivity contribution in [1.82, 2.24) is 0 Å². The summed E-state index contributed by atoms with van der Waals surface area (Å²) in [7, 11) is 2.09. The van der Waals surface area contributed by atoms with Gasteiger partial charge >= 0.3 is 0 Å². The van der Waals surface area contributed by atoms with Crippen molar-refractivity contribution in [3.63, 3.8) is 0 Å². The van der Waals surface area contributed by atoms with E-state index in [4.69, 9.17) is 0 Å². The zero-order valence-corrected chi connectivity index (χ0v) is 9.90. The van der Waals surface area contributed by atoms with Gasteiger partial charge in [-0.25, -0.2) is 0 Å². The molecule has 0 fully saturated rings. The first-order valence-corrected chi connectivity index (χ1v) is 5.68. The summed E-state index contributed by atoms with van der Waals surface area (Å²) in [6, 6.07) is 8.17. The van der Waals surface area contributed by atoms with Crippen molar-refractivity contribution >= 4 is 5.69 Å². The van der Waals surface area contributed by atoms with E-state index in [1.165, 1.54) is 5.69 Å². The molecule has 1 aromatic rings. The summed E-state index contributed by atoms with van der Waals surface area (Å²) in [5.41, 5.74) is 2.22. The smallest absolute Gasteiger partial charge is 0.0787 e. The number of anilines is 1. The van der Waals surface area contributed by atoms with Gasteiger partial charge in [-0.3, -0.25) is 0 Å². The van der Waals surface area contributed by atoms with Gasteiger partial charge in [0.15, 0.2) is 0 Å². The van der Waals surface area contributed by atoms with Gasteiger partial charge in [-0.15, -0.1) is 0 Å². The molecule has 0 bridgehead atoms. The number of nitrogens with zero attached hydrogens (tertiary/aromatic N) is 1. The van der Waals surface area contributed by atoms with Crippen LogP contribution >= 0.6 is 0 Å². The van der Waals surface area contributed by atoms with E-state index >= 15 is 0 Å². The molecule has 0 heterocycles. The summed E-state index contributed by atoms with van der Waals surface area (Å²) >= 11 is 0. The summed E-state index contributed by atoms with van der Waals surface area (Å²) in [4.78, 5) is 2.22. The van der Waals surface area contributed by atoms with Crippen LogP contribution in [0, 0.1) is 0 Å². The van der Waals surface area contributed by atoms with E-state index in [2.05, 4.69) is 31.0 Å². The number of aliphatic hydroxyl groups excluding tert-OH is 1. The minimum Gasteiger partial charge on any atom is -0.388 e. The van der Waals surface area contributed by atoms with Crippen molar-refractivity contribution in [1.29, 1.82) is 0 Å². The minimum atomic E-state index is -0.324. The molecular formula is C13H21NO. The van der Waals surface area contributed by atoms with Gasteiger partial charge in [0.1, 0.15) is 0 Å². The lowest BCUT2D eigenvalue weighted by atomic mass is 10.1. The highest BCUT2D eigenvalue weighted by Crippen LogP contribution is 2.20. The Morgan fingerprint density at radius 1 is 1.20 bits per heavy atom. The second kappa shape index (κ2) is 5.76. The van der Waals surface area contributed by atoms with Gasteiger partial charge < -0.3 is 10.0 Å². The van der Waals surface area contributed by atoms with Gasteiger partial charge in [-0.05, 0) is 30.5 Å². The molecule has 0 saturated carbocycles. The molecule has 1 unspecified atom stereocenters. The minimum absolute atomic E-state index is 0.324. The van der Waals surface area contributed by atoms with Crippen LogP contribution in [0.3, 0.4) is 0 Å². The van der Waals surface area contributed by atoms with Gasteiger partial charge in [0, 0.05) is 19.3 Å². The van der Waals surface area contributed by atoms with Crippen molar-refractivity contribution in [2.24, 2.45) is 0 Å². The zero-order chi connectivity index (χ0) is 11.3. The molecule has 1 rings (SSSR count).